The van der Waals surface area contributed by atoms with Crippen LogP contribution in [0, 0.1) is 31.8 Å². The number of rotatable bonds is 10. The van der Waals surface area contributed by atoms with Crippen LogP contribution >= 0.6 is 0 Å². The van der Waals surface area contributed by atoms with Gasteiger partial charge in [-0.25, -0.2) is 0 Å². The van der Waals surface area contributed by atoms with E-state index in [0.29, 0.717) is 19.3 Å². The molecule has 0 amide bonds. The number of nitrogens with zero attached hydrogens (tertiary/aromatic N) is 1. The summed E-state index contributed by atoms with van der Waals surface area (Å²) in [5.41, 5.74) is -1.13. The highest BCUT2D eigenvalue weighted by Gasteiger charge is 2.40. The van der Waals surface area contributed by atoms with Crippen molar-refractivity contribution in [2.24, 2.45) is 21.7 Å². The van der Waals surface area contributed by atoms with Crippen LogP contribution in [0.5, 0.6) is 0 Å². The predicted molar refractivity (Wildman–Crippen MR) is 116 cm³/mol. The SMILES string of the molecule is CCC(C)(CC(C)(C)C/C=C(/[N+](=O)[O-])C(C)(C)CC(C)(C)C)C(=O)OC(C)C. The van der Waals surface area contributed by atoms with Gasteiger partial charge in [0.05, 0.1) is 21.9 Å². The van der Waals surface area contributed by atoms with Crippen molar-refractivity contribution in [3.8, 4) is 0 Å². The average molecular weight is 398 g/mol. The quantitative estimate of drug-likeness (QED) is 0.231. The fourth-order valence-electron chi connectivity index (χ4n) is 4.21. The Kier molecular flexibility index (Phi) is 8.94. The molecule has 0 aromatic heterocycles. The van der Waals surface area contributed by atoms with Crippen molar-refractivity contribution in [3.05, 3.63) is 21.9 Å². The Morgan fingerprint density at radius 3 is 1.89 bits per heavy atom. The summed E-state index contributed by atoms with van der Waals surface area (Å²) in [4.78, 5) is 24.1. The van der Waals surface area contributed by atoms with Crippen molar-refractivity contribution in [1.82, 2.24) is 0 Å². The summed E-state index contributed by atoms with van der Waals surface area (Å²) >= 11 is 0. The van der Waals surface area contributed by atoms with Crippen LogP contribution in [0.25, 0.3) is 0 Å². The molecule has 1 atom stereocenters. The van der Waals surface area contributed by atoms with E-state index in [1.807, 2.05) is 41.5 Å². The van der Waals surface area contributed by atoms with Crippen LogP contribution in [-0.4, -0.2) is 17.0 Å². The van der Waals surface area contributed by atoms with Crippen LogP contribution in [0.15, 0.2) is 11.8 Å². The van der Waals surface area contributed by atoms with E-state index in [-0.39, 0.29) is 33.5 Å². The summed E-state index contributed by atoms with van der Waals surface area (Å²) in [6.07, 6.45) is 4.17. The average Bonchev–Trinajstić information content (AvgIpc) is 2.42. The largest absolute Gasteiger partial charge is 0.463 e. The molecule has 1 unspecified atom stereocenters. The maximum absolute atomic E-state index is 12.6. The number of esters is 1. The Morgan fingerprint density at radius 1 is 1.04 bits per heavy atom. The van der Waals surface area contributed by atoms with Crippen LogP contribution in [-0.2, 0) is 9.53 Å². The van der Waals surface area contributed by atoms with Crippen LogP contribution in [0.4, 0.5) is 0 Å². The lowest BCUT2D eigenvalue weighted by Crippen LogP contribution is -2.35. The van der Waals surface area contributed by atoms with Crippen molar-refractivity contribution >= 4 is 5.97 Å². The fraction of sp³-hybridized carbons (Fsp3) is 0.870. The number of allylic oxidation sites excluding steroid dienone is 2. The Hall–Kier alpha value is -1.39. The Morgan fingerprint density at radius 2 is 1.54 bits per heavy atom. The number of nitro groups is 1. The second kappa shape index (κ2) is 9.41. The van der Waals surface area contributed by atoms with E-state index in [1.54, 1.807) is 6.08 Å². The maximum atomic E-state index is 12.6. The van der Waals surface area contributed by atoms with E-state index in [2.05, 4.69) is 34.6 Å². The summed E-state index contributed by atoms with van der Waals surface area (Å²) < 4.78 is 5.46. The van der Waals surface area contributed by atoms with Crippen molar-refractivity contribution in [1.29, 1.82) is 0 Å². The Bertz CT molecular complexity index is 582. The molecule has 0 rings (SSSR count). The van der Waals surface area contributed by atoms with Gasteiger partial charge in [0.2, 0.25) is 5.70 Å². The molecule has 0 aliphatic rings. The summed E-state index contributed by atoms with van der Waals surface area (Å²) in [6, 6.07) is 0. The molecule has 0 aromatic carbocycles. The molecular weight excluding hydrogens is 354 g/mol. The molecule has 164 valence electrons. The molecular formula is C23H43NO4. The summed E-state index contributed by atoms with van der Waals surface area (Å²) in [5.74, 6) is -0.190. The third kappa shape index (κ3) is 8.74. The lowest BCUT2D eigenvalue weighted by molar-refractivity contribution is -0.441. The third-order valence-electron chi connectivity index (χ3n) is 5.19. The van der Waals surface area contributed by atoms with Crippen LogP contribution in [0.2, 0.25) is 0 Å². The molecule has 0 radical (unpaired) electrons. The normalized spacial score (nSPS) is 16.1. The summed E-state index contributed by atoms with van der Waals surface area (Å²) in [5, 5.41) is 11.8. The van der Waals surface area contributed by atoms with E-state index in [4.69, 9.17) is 4.74 Å². The number of hydrogen-bond acceptors (Lipinski definition) is 4. The van der Waals surface area contributed by atoms with Crippen molar-refractivity contribution in [2.45, 2.75) is 108 Å². The Labute approximate surface area is 172 Å². The molecule has 28 heavy (non-hydrogen) atoms. The molecule has 0 heterocycles. The molecule has 0 aliphatic carbocycles. The van der Waals surface area contributed by atoms with Gasteiger partial charge in [0.25, 0.3) is 0 Å². The first kappa shape index (κ1) is 26.6. The zero-order chi connectivity index (χ0) is 22.6. The molecule has 0 fully saturated rings. The van der Waals surface area contributed by atoms with Crippen molar-refractivity contribution in [3.63, 3.8) is 0 Å². The predicted octanol–water partition coefficient (Wildman–Crippen LogP) is 6.78. The smallest absolute Gasteiger partial charge is 0.312 e. The van der Waals surface area contributed by atoms with E-state index in [9.17, 15) is 14.9 Å². The third-order valence-corrected chi connectivity index (χ3v) is 5.19. The minimum Gasteiger partial charge on any atom is -0.463 e. The molecule has 5 nitrogen and oxygen atoms in total. The first-order valence-corrected chi connectivity index (χ1v) is 10.4. The molecule has 0 aromatic rings. The topological polar surface area (TPSA) is 69.4 Å². The van der Waals surface area contributed by atoms with Gasteiger partial charge in [-0.1, -0.05) is 41.5 Å². The highest BCUT2D eigenvalue weighted by Crippen LogP contribution is 2.43. The van der Waals surface area contributed by atoms with Crippen molar-refractivity contribution in [2.75, 3.05) is 0 Å². The van der Waals surface area contributed by atoms with E-state index < -0.39 is 10.8 Å². The standard InChI is InChI=1S/C23H43NO4/c1-12-23(11,19(25)28-17(2)3)16-21(7,8)14-13-18(24(26)27)22(9,10)15-20(4,5)6/h13,17H,12,14-16H2,1-11H3/b18-13+. The highest BCUT2D eigenvalue weighted by atomic mass is 16.6. The first-order chi connectivity index (χ1) is 12.4. The molecule has 0 saturated carbocycles. The van der Waals surface area contributed by atoms with Gasteiger partial charge in [0, 0.05) is 0 Å². The Balaban J connectivity index is 5.57. The number of carbonyl (C=O) groups is 1. The fourth-order valence-corrected chi connectivity index (χ4v) is 4.21. The summed E-state index contributed by atoms with van der Waals surface area (Å²) in [6.45, 7) is 21.9. The van der Waals surface area contributed by atoms with Gasteiger partial charge in [-0.3, -0.25) is 14.9 Å². The molecule has 0 N–H and O–H groups in total. The van der Waals surface area contributed by atoms with Crippen LogP contribution in [0.1, 0.15) is 102 Å². The minimum absolute atomic E-state index is 0.00446. The van der Waals surface area contributed by atoms with Gasteiger partial charge < -0.3 is 4.74 Å². The van der Waals surface area contributed by atoms with E-state index in [1.165, 1.54) is 0 Å². The lowest BCUT2D eigenvalue weighted by Gasteiger charge is -2.35. The minimum atomic E-state index is -0.600. The number of carbonyl (C=O) groups excluding carboxylic acids is 1. The second-order valence-electron chi connectivity index (χ2n) is 11.4. The van der Waals surface area contributed by atoms with Crippen LogP contribution < -0.4 is 0 Å². The maximum Gasteiger partial charge on any atom is 0.312 e. The summed E-state index contributed by atoms with van der Waals surface area (Å²) in [7, 11) is 0. The zero-order valence-electron chi connectivity index (χ0n) is 20.1. The number of hydrogen-bond donors (Lipinski definition) is 0. The molecule has 0 bridgehead atoms. The molecule has 0 aliphatic heterocycles. The van der Waals surface area contributed by atoms with Crippen LogP contribution in [0.3, 0.4) is 0 Å². The van der Waals surface area contributed by atoms with E-state index >= 15 is 0 Å². The van der Waals surface area contributed by atoms with Gasteiger partial charge in [-0.15, -0.1) is 0 Å². The lowest BCUT2D eigenvalue weighted by atomic mass is 9.70. The molecule has 5 heteroatoms. The van der Waals surface area contributed by atoms with Gasteiger partial charge in [0.15, 0.2) is 0 Å². The zero-order valence-corrected chi connectivity index (χ0v) is 20.1. The molecule has 0 spiro atoms. The van der Waals surface area contributed by atoms with E-state index in [0.717, 1.165) is 6.42 Å². The molecule has 0 saturated heterocycles. The number of ether oxygens (including phenoxy) is 1. The van der Waals surface area contributed by atoms with Gasteiger partial charge in [0.1, 0.15) is 0 Å². The first-order valence-electron chi connectivity index (χ1n) is 10.4. The van der Waals surface area contributed by atoms with Crippen molar-refractivity contribution < 1.29 is 14.5 Å². The van der Waals surface area contributed by atoms with Gasteiger partial charge in [-0.2, -0.15) is 0 Å². The highest BCUT2D eigenvalue weighted by molar-refractivity contribution is 5.76. The van der Waals surface area contributed by atoms with Gasteiger partial charge >= 0.3 is 5.97 Å². The monoisotopic (exact) mass is 397 g/mol. The van der Waals surface area contributed by atoms with Gasteiger partial charge in [-0.05, 0) is 77.2 Å². The second-order valence-corrected chi connectivity index (χ2v) is 11.4.